The maximum Gasteiger partial charge on any atom is 0.248 e. The maximum atomic E-state index is 11.3. The van der Waals surface area contributed by atoms with Gasteiger partial charge in [0.2, 0.25) is 11.9 Å². The maximum absolute atomic E-state index is 11.3. The summed E-state index contributed by atoms with van der Waals surface area (Å²) in [5.74, 6) is 0.296. The molecule has 1 heterocycles. The topological polar surface area (TPSA) is 122 Å². The largest absolute Gasteiger partial charge is 0.494 e. The number of methoxy groups -OCH3 is 1. The van der Waals surface area contributed by atoms with E-state index < -0.39 is 5.91 Å². The molecule has 7 heteroatoms. The Hall–Kier alpha value is -2.54. The number of rotatable bonds is 5. The molecule has 0 unspecified atom stereocenters. The smallest absolute Gasteiger partial charge is 0.248 e. The minimum atomic E-state index is -0.540. The van der Waals surface area contributed by atoms with Gasteiger partial charge in [0.05, 0.1) is 12.6 Å². The van der Waals surface area contributed by atoms with Gasteiger partial charge in [-0.3, -0.25) is 4.79 Å². The van der Waals surface area contributed by atoms with E-state index in [1.165, 1.54) is 7.11 Å². The van der Waals surface area contributed by atoms with Crippen LogP contribution in [-0.2, 0) is 6.54 Å². The highest BCUT2D eigenvalue weighted by Crippen LogP contribution is 2.29. The van der Waals surface area contributed by atoms with Crippen molar-refractivity contribution in [1.82, 2.24) is 9.55 Å². The third-order valence-electron chi connectivity index (χ3n) is 2.93. The van der Waals surface area contributed by atoms with Crippen molar-refractivity contribution in [2.24, 2.45) is 11.5 Å². The van der Waals surface area contributed by atoms with Gasteiger partial charge in [-0.15, -0.1) is 0 Å². The monoisotopic (exact) mass is 275 g/mol. The van der Waals surface area contributed by atoms with Crippen molar-refractivity contribution < 1.29 is 9.53 Å². The Balaban J connectivity index is 2.62. The fraction of sp³-hybridized carbons (Fsp3) is 0.231. The molecule has 0 aliphatic rings. The van der Waals surface area contributed by atoms with Gasteiger partial charge in [-0.2, -0.15) is 0 Å². The Morgan fingerprint density at radius 2 is 2.20 bits per heavy atom. The Kier molecular flexibility index (Phi) is 3.90. The summed E-state index contributed by atoms with van der Waals surface area (Å²) in [5, 5.41) is 0. The van der Waals surface area contributed by atoms with E-state index in [-0.39, 0.29) is 0 Å². The minimum absolute atomic E-state index is 0.330. The summed E-state index contributed by atoms with van der Waals surface area (Å²) in [6.07, 6.45) is 3.72. The summed E-state index contributed by atoms with van der Waals surface area (Å²) < 4.78 is 7.09. The lowest BCUT2D eigenvalue weighted by Crippen LogP contribution is -2.11. The van der Waals surface area contributed by atoms with E-state index >= 15 is 0 Å². The molecule has 0 radical (unpaired) electrons. The first-order valence-electron chi connectivity index (χ1n) is 6.07. The van der Waals surface area contributed by atoms with Crippen LogP contribution in [-0.4, -0.2) is 29.1 Å². The lowest BCUT2D eigenvalue weighted by atomic mass is 10.1. The number of benzene rings is 1. The molecule has 0 fully saturated rings. The van der Waals surface area contributed by atoms with Crippen LogP contribution in [0.15, 0.2) is 24.3 Å². The van der Waals surface area contributed by atoms with Gasteiger partial charge in [-0.25, -0.2) is 4.98 Å². The second-order valence-corrected chi connectivity index (χ2v) is 4.20. The molecule has 2 rings (SSSR count). The predicted molar refractivity (Wildman–Crippen MR) is 77.4 cm³/mol. The SMILES string of the molecule is COc1cc(C(N)=O)cc2nc(N)n(C/C=C/CN)c12. The molecule has 1 aromatic carbocycles. The van der Waals surface area contributed by atoms with Gasteiger partial charge < -0.3 is 26.5 Å². The van der Waals surface area contributed by atoms with Crippen molar-refractivity contribution in [2.45, 2.75) is 6.54 Å². The van der Waals surface area contributed by atoms with Crippen molar-refractivity contribution in [3.63, 3.8) is 0 Å². The lowest BCUT2D eigenvalue weighted by molar-refractivity contribution is 0.1000. The molecule has 0 saturated carbocycles. The zero-order valence-corrected chi connectivity index (χ0v) is 11.2. The average molecular weight is 275 g/mol. The van der Waals surface area contributed by atoms with E-state index in [1.807, 2.05) is 12.2 Å². The highest BCUT2D eigenvalue weighted by Gasteiger charge is 2.15. The van der Waals surface area contributed by atoms with Crippen molar-refractivity contribution in [3.8, 4) is 5.75 Å². The number of aromatic nitrogens is 2. The first-order chi connectivity index (χ1) is 9.58. The quantitative estimate of drug-likeness (QED) is 0.675. The zero-order valence-electron chi connectivity index (χ0n) is 11.2. The molecule has 20 heavy (non-hydrogen) atoms. The highest BCUT2D eigenvalue weighted by molar-refractivity contribution is 5.98. The first-order valence-corrected chi connectivity index (χ1v) is 6.07. The summed E-state index contributed by atoms with van der Waals surface area (Å²) in [7, 11) is 1.52. The molecule has 0 spiro atoms. The third kappa shape index (κ3) is 2.43. The number of anilines is 1. The fourth-order valence-corrected chi connectivity index (χ4v) is 2.01. The van der Waals surface area contributed by atoms with Gasteiger partial charge in [-0.05, 0) is 12.1 Å². The summed E-state index contributed by atoms with van der Waals surface area (Å²) in [4.78, 5) is 15.5. The molecule has 0 aliphatic carbocycles. The van der Waals surface area contributed by atoms with E-state index in [0.717, 1.165) is 5.52 Å². The molecular weight excluding hydrogens is 258 g/mol. The summed E-state index contributed by atoms with van der Waals surface area (Å²) in [6, 6.07) is 3.18. The number of carbonyl (C=O) groups excluding carboxylic acids is 1. The summed E-state index contributed by atoms with van der Waals surface area (Å²) >= 11 is 0. The number of hydrogen-bond acceptors (Lipinski definition) is 5. The van der Waals surface area contributed by atoms with Gasteiger partial charge in [-0.1, -0.05) is 12.2 Å². The van der Waals surface area contributed by atoms with Crippen molar-refractivity contribution in [2.75, 3.05) is 19.4 Å². The molecule has 0 saturated heterocycles. The number of imidazole rings is 1. The third-order valence-corrected chi connectivity index (χ3v) is 2.93. The molecule has 7 nitrogen and oxygen atoms in total. The standard InChI is InChI=1S/C13H17N5O2/c1-20-10-7-8(12(15)19)6-9-11(10)18(13(16)17-9)5-3-2-4-14/h2-3,6-7H,4-5,14H2,1H3,(H2,15,19)(H2,16,17)/b3-2+. The molecule has 0 aliphatic heterocycles. The molecule has 106 valence electrons. The molecule has 1 aromatic heterocycles. The fourth-order valence-electron chi connectivity index (χ4n) is 2.01. The Labute approximate surface area is 116 Å². The number of primary amides is 1. The van der Waals surface area contributed by atoms with Crippen LogP contribution < -0.4 is 21.9 Å². The van der Waals surface area contributed by atoms with Crippen molar-refractivity contribution in [1.29, 1.82) is 0 Å². The van der Waals surface area contributed by atoms with Gasteiger partial charge in [0.1, 0.15) is 11.3 Å². The number of fused-ring (bicyclic) bond motifs is 1. The number of ether oxygens (including phenoxy) is 1. The van der Waals surface area contributed by atoms with Crippen molar-refractivity contribution >= 4 is 22.9 Å². The van der Waals surface area contributed by atoms with Crippen LogP contribution in [0.2, 0.25) is 0 Å². The molecule has 6 N–H and O–H groups in total. The Morgan fingerprint density at radius 1 is 1.45 bits per heavy atom. The number of nitrogens with two attached hydrogens (primary N) is 3. The van der Waals surface area contributed by atoms with E-state index in [2.05, 4.69) is 4.98 Å². The molecule has 2 aromatic rings. The van der Waals surface area contributed by atoms with Crippen LogP contribution in [0.25, 0.3) is 11.0 Å². The van der Waals surface area contributed by atoms with E-state index in [9.17, 15) is 4.79 Å². The number of nitrogen functional groups attached to an aromatic ring is 1. The molecule has 0 bridgehead atoms. The summed E-state index contributed by atoms with van der Waals surface area (Å²) in [5.41, 5.74) is 18.2. The Morgan fingerprint density at radius 3 is 2.80 bits per heavy atom. The molecular formula is C13H17N5O2. The van der Waals surface area contributed by atoms with Crippen molar-refractivity contribution in [3.05, 3.63) is 29.8 Å². The van der Waals surface area contributed by atoms with Crippen LogP contribution >= 0.6 is 0 Å². The van der Waals surface area contributed by atoms with Crippen LogP contribution in [0.3, 0.4) is 0 Å². The number of allylic oxidation sites excluding steroid dienone is 1. The summed E-state index contributed by atoms with van der Waals surface area (Å²) in [6.45, 7) is 0.974. The molecule has 1 amide bonds. The number of hydrogen-bond donors (Lipinski definition) is 3. The van der Waals surface area contributed by atoms with E-state index in [4.69, 9.17) is 21.9 Å². The van der Waals surface area contributed by atoms with Gasteiger partial charge in [0.25, 0.3) is 0 Å². The van der Waals surface area contributed by atoms with Crippen LogP contribution in [0, 0.1) is 0 Å². The highest BCUT2D eigenvalue weighted by atomic mass is 16.5. The Bertz CT molecular complexity index is 675. The normalized spacial score (nSPS) is 11.3. The van der Waals surface area contributed by atoms with Gasteiger partial charge in [0.15, 0.2) is 0 Å². The molecule has 0 atom stereocenters. The van der Waals surface area contributed by atoms with Gasteiger partial charge in [0, 0.05) is 18.7 Å². The predicted octanol–water partition coefficient (Wildman–Crippen LogP) is 0.241. The van der Waals surface area contributed by atoms with Crippen LogP contribution in [0.4, 0.5) is 5.95 Å². The first kappa shape index (κ1) is 13.9. The van der Waals surface area contributed by atoms with Crippen LogP contribution in [0.5, 0.6) is 5.75 Å². The second kappa shape index (κ2) is 5.62. The lowest BCUT2D eigenvalue weighted by Gasteiger charge is -2.08. The number of amides is 1. The zero-order chi connectivity index (χ0) is 14.7. The van der Waals surface area contributed by atoms with Crippen LogP contribution in [0.1, 0.15) is 10.4 Å². The second-order valence-electron chi connectivity index (χ2n) is 4.20. The minimum Gasteiger partial charge on any atom is -0.494 e. The number of nitrogens with zero attached hydrogens (tertiary/aromatic N) is 2. The number of carbonyl (C=O) groups is 1. The van der Waals surface area contributed by atoms with E-state index in [0.29, 0.717) is 35.9 Å². The van der Waals surface area contributed by atoms with Gasteiger partial charge >= 0.3 is 0 Å². The van der Waals surface area contributed by atoms with E-state index in [1.54, 1.807) is 16.7 Å². The average Bonchev–Trinajstić information content (AvgIpc) is 2.74.